The highest BCUT2D eigenvalue weighted by atomic mass is 32.2. The number of amides is 3. The second-order valence-corrected chi connectivity index (χ2v) is 6.88. The van der Waals surface area contributed by atoms with E-state index in [0.29, 0.717) is 25.3 Å². The Morgan fingerprint density at radius 1 is 1.47 bits per heavy atom. The second kappa shape index (κ2) is 4.40. The molecule has 19 heavy (non-hydrogen) atoms. The van der Waals surface area contributed by atoms with Crippen LogP contribution in [-0.2, 0) is 14.4 Å². The Morgan fingerprint density at radius 3 is 3.00 bits per heavy atom. The number of piperazine rings is 1. The van der Waals surface area contributed by atoms with E-state index in [4.69, 9.17) is 0 Å². The minimum absolute atomic E-state index is 0.0623. The maximum atomic E-state index is 12.5. The highest BCUT2D eigenvalue weighted by molar-refractivity contribution is 8.01. The smallest absolute Gasteiger partial charge is 0.246 e. The van der Waals surface area contributed by atoms with Gasteiger partial charge in [-0.15, -0.1) is 11.8 Å². The summed E-state index contributed by atoms with van der Waals surface area (Å²) in [7, 11) is 0. The van der Waals surface area contributed by atoms with Gasteiger partial charge in [0.05, 0.1) is 11.4 Å². The van der Waals surface area contributed by atoms with E-state index >= 15 is 0 Å². The summed E-state index contributed by atoms with van der Waals surface area (Å²) in [6.45, 7) is 3.16. The number of thioether (sulfide) groups is 1. The van der Waals surface area contributed by atoms with Gasteiger partial charge in [-0.2, -0.15) is 0 Å². The molecule has 7 heteroatoms. The van der Waals surface area contributed by atoms with Gasteiger partial charge in [0.15, 0.2) is 0 Å². The lowest BCUT2D eigenvalue weighted by Gasteiger charge is -2.34. The Kier molecular flexibility index (Phi) is 2.96. The first kappa shape index (κ1) is 12.8. The third-order valence-electron chi connectivity index (χ3n) is 4.08. The highest BCUT2D eigenvalue weighted by Gasteiger charge is 2.53. The molecule has 3 fully saturated rings. The van der Waals surface area contributed by atoms with Crippen molar-refractivity contribution in [3.05, 3.63) is 0 Å². The maximum absolute atomic E-state index is 12.5. The summed E-state index contributed by atoms with van der Waals surface area (Å²) in [4.78, 5) is 38.9. The van der Waals surface area contributed by atoms with E-state index in [0.717, 1.165) is 6.42 Å². The molecule has 0 bridgehead atoms. The lowest BCUT2D eigenvalue weighted by atomic mass is 10.2. The summed E-state index contributed by atoms with van der Waals surface area (Å²) < 4.78 is 0. The molecule has 0 radical (unpaired) electrons. The van der Waals surface area contributed by atoms with Crippen LogP contribution in [0.2, 0.25) is 0 Å². The average Bonchev–Trinajstić information content (AvgIpc) is 2.86. The zero-order chi connectivity index (χ0) is 13.6. The molecule has 3 aliphatic rings. The molecule has 0 aliphatic carbocycles. The first-order valence-corrected chi connectivity index (χ1v) is 7.51. The number of nitrogens with one attached hydrogen (secondary N) is 1. The number of hydrogen-bond acceptors (Lipinski definition) is 4. The molecule has 0 saturated carbocycles. The lowest BCUT2D eigenvalue weighted by molar-refractivity contribution is -0.146. The van der Waals surface area contributed by atoms with E-state index in [1.54, 1.807) is 21.6 Å². The van der Waals surface area contributed by atoms with Crippen LogP contribution in [0.3, 0.4) is 0 Å². The van der Waals surface area contributed by atoms with Crippen LogP contribution in [0.1, 0.15) is 19.8 Å². The van der Waals surface area contributed by atoms with Crippen LogP contribution < -0.4 is 5.32 Å². The maximum Gasteiger partial charge on any atom is 0.246 e. The summed E-state index contributed by atoms with van der Waals surface area (Å²) in [6, 6.07) is -0.393. The molecule has 0 aromatic carbocycles. The molecule has 0 aromatic heterocycles. The van der Waals surface area contributed by atoms with Gasteiger partial charge >= 0.3 is 0 Å². The number of nitrogens with zero attached hydrogens (tertiary/aromatic N) is 2. The number of carbonyl (C=O) groups is 3. The summed E-state index contributed by atoms with van der Waals surface area (Å²) >= 11 is 1.68. The van der Waals surface area contributed by atoms with Gasteiger partial charge in [-0.25, -0.2) is 0 Å². The molecule has 104 valence electrons. The Hall–Kier alpha value is -1.24. The van der Waals surface area contributed by atoms with E-state index in [2.05, 4.69) is 5.32 Å². The van der Waals surface area contributed by atoms with Crippen LogP contribution in [0.25, 0.3) is 0 Å². The van der Waals surface area contributed by atoms with Gasteiger partial charge in [0, 0.05) is 25.3 Å². The molecule has 3 rings (SSSR count). The number of fused-ring (bicyclic) bond motifs is 1. The van der Waals surface area contributed by atoms with Crippen LogP contribution in [0.4, 0.5) is 0 Å². The molecule has 0 aromatic rings. The largest absolute Gasteiger partial charge is 0.353 e. The van der Waals surface area contributed by atoms with Crippen LogP contribution in [0, 0.1) is 0 Å². The summed E-state index contributed by atoms with van der Waals surface area (Å²) in [5.41, 5.74) is 0. The quantitative estimate of drug-likeness (QED) is 0.697. The third-order valence-corrected chi connectivity index (χ3v) is 5.59. The molecular formula is C12H17N3O3S. The fourth-order valence-corrected chi connectivity index (χ4v) is 4.46. The molecule has 3 heterocycles. The Bertz CT molecular complexity index is 456. The SMILES string of the molecule is CC12CCC(=O)N1C(C(=O)N1CCNC(=O)C1)CS2. The van der Waals surface area contributed by atoms with E-state index in [1.165, 1.54) is 0 Å². The van der Waals surface area contributed by atoms with Gasteiger partial charge in [0.2, 0.25) is 17.7 Å². The zero-order valence-corrected chi connectivity index (χ0v) is 11.7. The van der Waals surface area contributed by atoms with Gasteiger partial charge in [-0.05, 0) is 13.3 Å². The normalized spacial score (nSPS) is 34.5. The fourth-order valence-electron chi connectivity index (χ4n) is 3.04. The predicted octanol–water partition coefficient (Wildman–Crippen LogP) is -0.601. The van der Waals surface area contributed by atoms with Gasteiger partial charge < -0.3 is 15.1 Å². The summed E-state index contributed by atoms with van der Waals surface area (Å²) in [6.07, 6.45) is 1.33. The lowest BCUT2D eigenvalue weighted by Crippen LogP contribution is -2.56. The minimum atomic E-state index is -0.393. The van der Waals surface area contributed by atoms with Crippen LogP contribution in [0.15, 0.2) is 0 Å². The van der Waals surface area contributed by atoms with Crippen molar-refractivity contribution >= 4 is 29.5 Å². The molecule has 3 amide bonds. The second-order valence-electron chi connectivity index (χ2n) is 5.38. The van der Waals surface area contributed by atoms with Gasteiger partial charge in [-0.3, -0.25) is 14.4 Å². The first-order chi connectivity index (χ1) is 9.01. The van der Waals surface area contributed by atoms with Gasteiger partial charge in [0.1, 0.15) is 6.04 Å². The molecule has 0 spiro atoms. The minimum Gasteiger partial charge on any atom is -0.353 e. The predicted molar refractivity (Wildman–Crippen MR) is 70.3 cm³/mol. The van der Waals surface area contributed by atoms with Gasteiger partial charge in [0.25, 0.3) is 0 Å². The van der Waals surface area contributed by atoms with Crippen LogP contribution >= 0.6 is 11.8 Å². The van der Waals surface area contributed by atoms with Crippen molar-refractivity contribution in [3.63, 3.8) is 0 Å². The van der Waals surface area contributed by atoms with Crippen molar-refractivity contribution in [3.8, 4) is 0 Å². The van der Waals surface area contributed by atoms with Crippen LogP contribution in [0.5, 0.6) is 0 Å². The van der Waals surface area contributed by atoms with Crippen molar-refractivity contribution in [1.82, 2.24) is 15.1 Å². The van der Waals surface area contributed by atoms with E-state index in [9.17, 15) is 14.4 Å². The third kappa shape index (κ3) is 2.00. The van der Waals surface area contributed by atoms with Crippen LogP contribution in [-0.4, -0.2) is 63.8 Å². The number of rotatable bonds is 1. The highest BCUT2D eigenvalue weighted by Crippen LogP contribution is 2.47. The van der Waals surface area contributed by atoms with Crippen molar-refractivity contribution in [1.29, 1.82) is 0 Å². The Balaban J connectivity index is 1.77. The number of hydrogen-bond donors (Lipinski definition) is 1. The standard InChI is InChI=1S/C12H17N3O3S/c1-12-3-2-10(17)15(12)8(7-19-12)11(18)14-5-4-13-9(16)6-14/h8H,2-7H2,1H3,(H,13,16). The molecule has 3 saturated heterocycles. The first-order valence-electron chi connectivity index (χ1n) is 6.53. The molecule has 1 N–H and O–H groups in total. The number of carbonyl (C=O) groups excluding carboxylic acids is 3. The van der Waals surface area contributed by atoms with E-state index in [-0.39, 0.29) is 29.1 Å². The zero-order valence-electron chi connectivity index (χ0n) is 10.8. The fraction of sp³-hybridized carbons (Fsp3) is 0.750. The monoisotopic (exact) mass is 283 g/mol. The van der Waals surface area contributed by atoms with E-state index < -0.39 is 6.04 Å². The topological polar surface area (TPSA) is 69.7 Å². The molecule has 2 atom stereocenters. The van der Waals surface area contributed by atoms with Crippen molar-refractivity contribution in [2.75, 3.05) is 25.4 Å². The average molecular weight is 283 g/mol. The molecule has 2 unspecified atom stereocenters. The summed E-state index contributed by atoms with van der Waals surface area (Å²) in [5.74, 6) is 0.494. The van der Waals surface area contributed by atoms with Crippen molar-refractivity contribution < 1.29 is 14.4 Å². The summed E-state index contributed by atoms with van der Waals surface area (Å²) in [5, 5.41) is 2.70. The molecule has 6 nitrogen and oxygen atoms in total. The molecule has 3 aliphatic heterocycles. The van der Waals surface area contributed by atoms with Gasteiger partial charge in [-0.1, -0.05) is 0 Å². The van der Waals surface area contributed by atoms with Crippen molar-refractivity contribution in [2.24, 2.45) is 0 Å². The Labute approximate surface area is 115 Å². The Morgan fingerprint density at radius 2 is 2.26 bits per heavy atom. The van der Waals surface area contributed by atoms with E-state index in [1.807, 2.05) is 6.92 Å². The molecular weight excluding hydrogens is 266 g/mol. The van der Waals surface area contributed by atoms with Crippen molar-refractivity contribution in [2.45, 2.75) is 30.7 Å².